The predicted molar refractivity (Wildman–Crippen MR) is 201 cm³/mol. The molecule has 14 atom stereocenters. The molecule has 1 heterocycles. The maximum absolute atomic E-state index is 4.93. The van der Waals surface area contributed by atoms with Crippen LogP contribution in [0.4, 0.5) is 0 Å². The van der Waals surface area contributed by atoms with Gasteiger partial charge in [-0.3, -0.25) is 0 Å². The van der Waals surface area contributed by atoms with Gasteiger partial charge in [-0.05, 0) is 119 Å². The minimum absolute atomic E-state index is 0. The van der Waals surface area contributed by atoms with Crippen molar-refractivity contribution in [3.63, 3.8) is 0 Å². The molecule has 1 saturated heterocycles. The van der Waals surface area contributed by atoms with Crippen LogP contribution in [0.5, 0.6) is 0 Å². The molecule has 0 radical (unpaired) electrons. The molecule has 5 saturated carbocycles. The Bertz CT molecular complexity index is 1280. The molecule has 6 aliphatic rings. The van der Waals surface area contributed by atoms with Crippen LogP contribution in [0.15, 0.2) is 42.5 Å². The van der Waals surface area contributed by atoms with Crippen LogP contribution in [0, 0.1) is 68.1 Å². The molecule has 5 aliphatic carbocycles. The van der Waals surface area contributed by atoms with E-state index >= 15 is 0 Å². The number of benzene rings is 2. The first-order valence-corrected chi connectivity index (χ1v) is 28.3. The summed E-state index contributed by atoms with van der Waals surface area (Å²) in [7, 11) is 8.35. The van der Waals surface area contributed by atoms with E-state index in [1.165, 1.54) is 50.3 Å². The molecule has 0 spiro atoms. The molecule has 6 fully saturated rings. The van der Waals surface area contributed by atoms with Crippen molar-refractivity contribution >= 4 is 47.6 Å². The Labute approximate surface area is 301 Å². The Morgan fingerprint density at radius 1 is 0.733 bits per heavy atom. The van der Waals surface area contributed by atoms with Crippen molar-refractivity contribution in [2.24, 2.45) is 53.3 Å². The van der Waals surface area contributed by atoms with Crippen LogP contribution < -0.4 is 0 Å². The fraction of sp³-hybridized carbons (Fsp3) is 0.700. The first-order valence-electron chi connectivity index (χ1n) is 17.9. The summed E-state index contributed by atoms with van der Waals surface area (Å²) < 4.78 is 0. The molecule has 2 aromatic rings. The van der Waals surface area contributed by atoms with Gasteiger partial charge in [0, 0.05) is 10.5 Å². The van der Waals surface area contributed by atoms with Crippen LogP contribution in [0.1, 0.15) is 90.0 Å². The third kappa shape index (κ3) is 6.20. The summed E-state index contributed by atoms with van der Waals surface area (Å²) >= 11 is 1.67. The van der Waals surface area contributed by atoms with Gasteiger partial charge in [0.1, 0.15) is 0 Å². The molecule has 14 unspecified atom stereocenters. The van der Waals surface area contributed by atoms with Gasteiger partial charge in [-0.15, -0.1) is 0 Å². The molecule has 0 amide bonds. The van der Waals surface area contributed by atoms with Crippen LogP contribution in [-0.4, -0.2) is 18.6 Å². The average molecular weight is 763 g/mol. The Morgan fingerprint density at radius 2 is 1.42 bits per heavy atom. The summed E-state index contributed by atoms with van der Waals surface area (Å²) in [5, 5.41) is 5.02. The Hall–Kier alpha value is 0.730. The summed E-state index contributed by atoms with van der Waals surface area (Å²) in [4.78, 5) is 0. The Balaban J connectivity index is 0.000000772. The summed E-state index contributed by atoms with van der Waals surface area (Å²) in [6, 6.07) is 16.7. The van der Waals surface area contributed by atoms with Gasteiger partial charge in [0.2, 0.25) is 0 Å². The van der Waals surface area contributed by atoms with Crippen LogP contribution >= 0.6 is 28.8 Å². The topological polar surface area (TPSA) is 0 Å². The van der Waals surface area contributed by atoms with Crippen molar-refractivity contribution in [2.45, 2.75) is 119 Å². The molecule has 1 aliphatic heterocycles. The van der Waals surface area contributed by atoms with Gasteiger partial charge in [0.15, 0.2) is 0 Å². The SMILES string of the molecule is CC1CC2C(CC3CCCC3C2c2cccc3ccccc23)C1[Si](C)(C)C1C(C)C(C)C2SC3CCCCC3C21.[CH3-].[CH3-].[Cl][Zr+2][Cl]. The quantitative estimate of drug-likeness (QED) is 0.222. The monoisotopic (exact) mass is 760 g/mol. The second kappa shape index (κ2) is 14.9. The third-order valence-corrected chi connectivity index (χ3v) is 22.0. The summed E-state index contributed by atoms with van der Waals surface area (Å²) in [5.74, 6) is 9.51. The summed E-state index contributed by atoms with van der Waals surface area (Å²) in [6.07, 6.45) is 13.7. The maximum atomic E-state index is 4.93. The van der Waals surface area contributed by atoms with E-state index in [0.717, 1.165) is 80.8 Å². The number of halogens is 2. The molecule has 0 aromatic heterocycles. The van der Waals surface area contributed by atoms with Gasteiger partial charge >= 0.3 is 37.9 Å². The number of hydrogen-bond acceptors (Lipinski definition) is 1. The minimum atomic E-state index is -1.52. The molecular weight excluding hydrogens is 703 g/mol. The van der Waals surface area contributed by atoms with Crippen molar-refractivity contribution in [1.29, 1.82) is 0 Å². The fourth-order valence-corrected chi connectivity index (χ4v) is 22.6. The van der Waals surface area contributed by atoms with Gasteiger partial charge < -0.3 is 14.9 Å². The zero-order chi connectivity index (χ0) is 30.0. The molecule has 0 N–H and O–H groups in total. The Kier molecular flexibility index (Phi) is 12.3. The van der Waals surface area contributed by atoms with Crippen molar-refractivity contribution in [1.82, 2.24) is 0 Å². The van der Waals surface area contributed by atoms with E-state index in [1.54, 1.807) is 23.8 Å². The number of rotatable bonds is 3. The average Bonchev–Trinajstić information content (AvgIpc) is 3.75. The molecular formula is C40H60Cl2SSiZr. The molecule has 248 valence electrons. The molecule has 0 nitrogen and oxygen atoms in total. The molecule has 5 heteroatoms. The van der Waals surface area contributed by atoms with E-state index in [1.807, 2.05) is 0 Å². The van der Waals surface area contributed by atoms with E-state index in [0.29, 0.717) is 0 Å². The number of thioether (sulfide) groups is 1. The molecule has 45 heavy (non-hydrogen) atoms. The van der Waals surface area contributed by atoms with Gasteiger partial charge in [-0.25, -0.2) is 0 Å². The molecule has 2 aromatic carbocycles. The van der Waals surface area contributed by atoms with Gasteiger partial charge in [0.25, 0.3) is 0 Å². The van der Waals surface area contributed by atoms with Gasteiger partial charge in [0.05, 0.1) is 8.07 Å². The van der Waals surface area contributed by atoms with Gasteiger partial charge in [-0.2, -0.15) is 11.8 Å². The van der Waals surface area contributed by atoms with E-state index in [9.17, 15) is 0 Å². The van der Waals surface area contributed by atoms with E-state index < -0.39 is 28.9 Å². The normalized spacial score (nSPS) is 43.0. The van der Waals surface area contributed by atoms with Gasteiger partial charge in [-0.1, -0.05) is 102 Å². The van der Waals surface area contributed by atoms with Crippen molar-refractivity contribution < 1.29 is 20.8 Å². The number of fused-ring (bicyclic) bond motifs is 6. The van der Waals surface area contributed by atoms with Crippen LogP contribution in [0.2, 0.25) is 24.2 Å². The first kappa shape index (κ1) is 37.0. The predicted octanol–water partition coefficient (Wildman–Crippen LogP) is 13.3. The van der Waals surface area contributed by atoms with Crippen molar-refractivity contribution in [2.75, 3.05) is 0 Å². The molecule has 8 rings (SSSR count). The zero-order valence-corrected chi connectivity index (χ0v) is 34.9. The van der Waals surface area contributed by atoms with Crippen LogP contribution in [0.25, 0.3) is 10.8 Å². The second-order valence-electron chi connectivity index (χ2n) is 16.6. The van der Waals surface area contributed by atoms with E-state index in [2.05, 4.69) is 88.1 Å². The standard InChI is InChI=1S/C38H54SSi.2CH3.2ClH.Zr/c1-22-20-31-32(21-26-14-11-17-28(26)34(31)29-18-10-13-25-12-6-7-15-27(25)29)37(22)40(4,5)38-24(3)23(2)36-35(38)30-16-8-9-19-33(30)39-36;;;;;/h6-7,10,12-13,15,18,22-24,26,28,30-38H,8-9,11,14,16-17,19-21H2,1-5H3;2*1H3;2*1H;/q;2*-1;;;+4/p-2. The number of hydrogen-bond donors (Lipinski definition) is 0. The second-order valence-corrected chi connectivity index (χ2v) is 26.7. The van der Waals surface area contributed by atoms with Crippen molar-refractivity contribution in [3.8, 4) is 0 Å². The summed E-state index contributed by atoms with van der Waals surface area (Å²) in [6.45, 7) is 14.0. The van der Waals surface area contributed by atoms with Crippen molar-refractivity contribution in [3.05, 3.63) is 62.9 Å². The van der Waals surface area contributed by atoms with Crippen LogP contribution in [-0.2, 0) is 20.8 Å². The zero-order valence-electron chi connectivity index (χ0n) is 29.2. The Morgan fingerprint density at radius 3 is 2.20 bits per heavy atom. The third-order valence-electron chi connectivity index (χ3n) is 14.7. The molecule has 0 bridgehead atoms. The van der Waals surface area contributed by atoms with Crippen LogP contribution in [0.3, 0.4) is 0 Å². The first-order chi connectivity index (χ1) is 20.8. The van der Waals surface area contributed by atoms with E-state index in [4.69, 9.17) is 17.0 Å². The summed E-state index contributed by atoms with van der Waals surface area (Å²) in [5.41, 5.74) is 3.82. The fourth-order valence-electron chi connectivity index (χ4n) is 13.5. The van der Waals surface area contributed by atoms with E-state index in [-0.39, 0.29) is 14.9 Å².